The number of hydrogen-bond acceptors (Lipinski definition) is 4. The highest BCUT2D eigenvalue weighted by Crippen LogP contribution is 1.91. The number of nitrogens with zero attached hydrogens (tertiary/aromatic N) is 2. The van der Waals surface area contributed by atoms with Crippen molar-refractivity contribution in [3.63, 3.8) is 0 Å². The van der Waals surface area contributed by atoms with Crippen LogP contribution >= 0.6 is 0 Å². The van der Waals surface area contributed by atoms with Crippen LogP contribution in [0.5, 0.6) is 0 Å². The van der Waals surface area contributed by atoms with Crippen LogP contribution in [0, 0.1) is 11.3 Å². The minimum Gasteiger partial charge on any atom is -0.385 e. The number of ether oxygens (including phenoxy) is 2. The van der Waals surface area contributed by atoms with Crippen molar-refractivity contribution in [2.45, 2.75) is 13.0 Å². The van der Waals surface area contributed by atoms with Crippen molar-refractivity contribution >= 4 is 0 Å². The summed E-state index contributed by atoms with van der Waals surface area (Å²) >= 11 is 0. The summed E-state index contributed by atoms with van der Waals surface area (Å²) in [5.74, 6) is 0. The van der Waals surface area contributed by atoms with Gasteiger partial charge in [0, 0.05) is 33.1 Å². The fraction of sp³-hybridized carbons (Fsp3) is 0.500. The Morgan fingerprint density at radius 2 is 2.24 bits per heavy atom. The van der Waals surface area contributed by atoms with Crippen LogP contribution < -0.4 is 5.56 Å². The summed E-state index contributed by atoms with van der Waals surface area (Å²) in [5.41, 5.74) is -0.109. The van der Waals surface area contributed by atoms with E-state index in [1.54, 1.807) is 19.4 Å². The van der Waals surface area contributed by atoms with Gasteiger partial charge in [-0.3, -0.25) is 4.79 Å². The minimum atomic E-state index is -0.268. The molecule has 0 aliphatic heterocycles. The maximum absolute atomic E-state index is 11.6. The Hall–Kier alpha value is -1.64. The van der Waals surface area contributed by atoms with E-state index in [1.165, 1.54) is 10.6 Å². The zero-order valence-corrected chi connectivity index (χ0v) is 9.89. The average Bonchev–Trinajstić information content (AvgIpc) is 2.35. The monoisotopic (exact) mass is 236 g/mol. The number of aromatic nitrogens is 1. The van der Waals surface area contributed by atoms with Crippen LogP contribution in [0.2, 0.25) is 0 Å². The molecule has 1 aromatic rings. The van der Waals surface area contributed by atoms with Crippen LogP contribution in [0.15, 0.2) is 23.1 Å². The van der Waals surface area contributed by atoms with E-state index in [0.29, 0.717) is 26.4 Å². The molecule has 0 amide bonds. The molecule has 0 atom stereocenters. The molecule has 5 heteroatoms. The summed E-state index contributed by atoms with van der Waals surface area (Å²) in [5, 5.41) is 8.70. The van der Waals surface area contributed by atoms with E-state index < -0.39 is 0 Å². The smallest absolute Gasteiger partial charge is 0.268 e. The Morgan fingerprint density at radius 1 is 1.41 bits per heavy atom. The van der Waals surface area contributed by atoms with Crippen LogP contribution in [-0.4, -0.2) is 31.5 Å². The summed E-state index contributed by atoms with van der Waals surface area (Å²) in [7, 11) is 1.65. The zero-order chi connectivity index (χ0) is 12.5. The van der Waals surface area contributed by atoms with Crippen LogP contribution in [0.4, 0.5) is 0 Å². The Bertz CT molecular complexity index is 434. The topological polar surface area (TPSA) is 64.2 Å². The largest absolute Gasteiger partial charge is 0.385 e. The summed E-state index contributed by atoms with van der Waals surface area (Å²) in [6.45, 7) is 2.20. The highest BCUT2D eigenvalue weighted by molar-refractivity contribution is 5.24. The molecule has 0 bridgehead atoms. The molecule has 1 heterocycles. The molecular formula is C12H16N2O3. The van der Waals surface area contributed by atoms with Gasteiger partial charge in [0.15, 0.2) is 0 Å². The van der Waals surface area contributed by atoms with Gasteiger partial charge in [0.05, 0.1) is 6.61 Å². The van der Waals surface area contributed by atoms with Crippen LogP contribution in [0.3, 0.4) is 0 Å². The summed E-state index contributed by atoms with van der Waals surface area (Å²) in [6, 6.07) is 5.06. The van der Waals surface area contributed by atoms with Gasteiger partial charge in [-0.25, -0.2) is 0 Å². The lowest BCUT2D eigenvalue weighted by Crippen LogP contribution is -2.23. The molecule has 0 aliphatic carbocycles. The second-order valence-corrected chi connectivity index (χ2v) is 3.49. The molecule has 0 aliphatic rings. The minimum absolute atomic E-state index is 0.159. The normalized spacial score (nSPS) is 10.1. The van der Waals surface area contributed by atoms with Gasteiger partial charge in [0.25, 0.3) is 5.56 Å². The molecule has 0 radical (unpaired) electrons. The van der Waals surface area contributed by atoms with Crippen molar-refractivity contribution in [1.29, 1.82) is 5.26 Å². The molecule has 92 valence electrons. The third-order valence-electron chi connectivity index (χ3n) is 2.25. The van der Waals surface area contributed by atoms with Gasteiger partial charge in [-0.05, 0) is 18.6 Å². The van der Waals surface area contributed by atoms with E-state index in [1.807, 2.05) is 6.07 Å². The number of rotatable bonds is 7. The zero-order valence-electron chi connectivity index (χ0n) is 9.89. The molecule has 0 aromatic carbocycles. The van der Waals surface area contributed by atoms with Crippen molar-refractivity contribution in [1.82, 2.24) is 4.57 Å². The average molecular weight is 236 g/mol. The fourth-order valence-corrected chi connectivity index (χ4v) is 1.37. The molecule has 0 unspecified atom stereocenters. The second kappa shape index (κ2) is 7.60. The lowest BCUT2D eigenvalue weighted by Gasteiger charge is -2.06. The first-order chi connectivity index (χ1) is 8.29. The van der Waals surface area contributed by atoms with Gasteiger partial charge in [-0.2, -0.15) is 5.26 Å². The van der Waals surface area contributed by atoms with Crippen molar-refractivity contribution in [3.05, 3.63) is 34.2 Å². The lowest BCUT2D eigenvalue weighted by molar-refractivity contribution is 0.0972. The van der Waals surface area contributed by atoms with Gasteiger partial charge in [0.2, 0.25) is 0 Å². The number of hydrogen-bond donors (Lipinski definition) is 0. The molecule has 1 rings (SSSR count). The summed E-state index contributed by atoms with van der Waals surface area (Å²) in [4.78, 5) is 11.6. The van der Waals surface area contributed by atoms with Gasteiger partial charge >= 0.3 is 0 Å². The molecule has 17 heavy (non-hydrogen) atoms. The lowest BCUT2D eigenvalue weighted by atomic mass is 10.3. The first-order valence-corrected chi connectivity index (χ1v) is 5.46. The quantitative estimate of drug-likeness (QED) is 0.656. The third kappa shape index (κ3) is 4.39. The van der Waals surface area contributed by atoms with Crippen molar-refractivity contribution in [2.24, 2.45) is 0 Å². The maximum atomic E-state index is 11.6. The van der Waals surface area contributed by atoms with Crippen molar-refractivity contribution < 1.29 is 9.47 Å². The van der Waals surface area contributed by atoms with E-state index in [9.17, 15) is 4.79 Å². The highest BCUT2D eigenvalue weighted by atomic mass is 16.5. The predicted molar refractivity (Wildman–Crippen MR) is 62.7 cm³/mol. The van der Waals surface area contributed by atoms with Gasteiger partial charge in [-0.15, -0.1) is 0 Å². The van der Waals surface area contributed by atoms with Crippen LogP contribution in [0.25, 0.3) is 0 Å². The van der Waals surface area contributed by atoms with Gasteiger partial charge < -0.3 is 14.0 Å². The van der Waals surface area contributed by atoms with E-state index in [4.69, 9.17) is 14.7 Å². The van der Waals surface area contributed by atoms with E-state index >= 15 is 0 Å². The molecule has 0 N–H and O–H groups in total. The number of nitriles is 1. The molecule has 1 aromatic heterocycles. The first-order valence-electron chi connectivity index (χ1n) is 5.46. The van der Waals surface area contributed by atoms with Crippen LogP contribution in [-0.2, 0) is 16.0 Å². The van der Waals surface area contributed by atoms with Gasteiger partial charge in [0.1, 0.15) is 11.6 Å². The number of methoxy groups -OCH3 is 1. The SMILES string of the molecule is COCCCOCCn1cccc(C#N)c1=O. The van der Waals surface area contributed by atoms with E-state index in [2.05, 4.69) is 0 Å². The molecule has 0 saturated carbocycles. The molecule has 0 fully saturated rings. The Kier molecular flexibility index (Phi) is 6.00. The molecule has 0 saturated heterocycles. The number of pyridine rings is 1. The Labute approximate surface area is 100 Å². The Morgan fingerprint density at radius 3 is 2.94 bits per heavy atom. The maximum Gasteiger partial charge on any atom is 0.268 e. The Balaban J connectivity index is 2.38. The standard InChI is InChI=1S/C12H16N2O3/c1-16-7-3-8-17-9-6-14-5-2-4-11(10-13)12(14)15/h2,4-5H,3,6-9H2,1H3. The van der Waals surface area contributed by atoms with Crippen LogP contribution in [0.1, 0.15) is 12.0 Å². The van der Waals surface area contributed by atoms with Crippen molar-refractivity contribution in [2.75, 3.05) is 26.9 Å². The summed E-state index contributed by atoms with van der Waals surface area (Å²) in [6.07, 6.45) is 2.49. The van der Waals surface area contributed by atoms with Crippen molar-refractivity contribution in [3.8, 4) is 6.07 Å². The molecule has 0 spiro atoms. The first kappa shape index (κ1) is 13.4. The summed E-state index contributed by atoms with van der Waals surface area (Å²) < 4.78 is 11.7. The van der Waals surface area contributed by atoms with E-state index in [0.717, 1.165) is 6.42 Å². The third-order valence-corrected chi connectivity index (χ3v) is 2.25. The second-order valence-electron chi connectivity index (χ2n) is 3.49. The van der Waals surface area contributed by atoms with Gasteiger partial charge in [-0.1, -0.05) is 0 Å². The predicted octanol–water partition coefficient (Wildman–Crippen LogP) is 0.773. The van der Waals surface area contributed by atoms with E-state index in [-0.39, 0.29) is 11.1 Å². The fourth-order valence-electron chi connectivity index (χ4n) is 1.37. The molecule has 5 nitrogen and oxygen atoms in total. The highest BCUT2D eigenvalue weighted by Gasteiger charge is 2.01. The molecular weight excluding hydrogens is 220 g/mol.